The van der Waals surface area contributed by atoms with Crippen molar-refractivity contribution in [3.63, 3.8) is 0 Å². The number of nitrogens with zero attached hydrogens (tertiary/aromatic N) is 4. The van der Waals surface area contributed by atoms with Gasteiger partial charge in [-0.1, -0.05) is 19.9 Å². The van der Waals surface area contributed by atoms with Crippen molar-refractivity contribution in [2.75, 3.05) is 13.7 Å². The van der Waals surface area contributed by atoms with Crippen molar-refractivity contribution in [2.45, 2.75) is 64.5 Å². The number of benzene rings is 1. The van der Waals surface area contributed by atoms with Crippen LogP contribution in [-0.2, 0) is 19.2 Å². The number of hydrogen-bond donors (Lipinski definition) is 2. The van der Waals surface area contributed by atoms with Crippen molar-refractivity contribution >= 4 is 35.2 Å². The normalized spacial score (nSPS) is 19.5. The lowest BCUT2D eigenvalue weighted by atomic mass is 10.0. The average molecular weight is 513 g/mol. The van der Waals surface area contributed by atoms with Gasteiger partial charge in [0.15, 0.2) is 6.04 Å². The highest BCUT2D eigenvalue weighted by Crippen LogP contribution is 2.25. The summed E-state index contributed by atoms with van der Waals surface area (Å²) in [5.74, 6) is -2.60. The van der Waals surface area contributed by atoms with Crippen molar-refractivity contribution in [1.29, 1.82) is 0 Å². The van der Waals surface area contributed by atoms with E-state index in [2.05, 4.69) is 15.4 Å². The van der Waals surface area contributed by atoms with Crippen LogP contribution in [0.2, 0.25) is 0 Å². The number of methoxy groups -OCH3 is 1. The summed E-state index contributed by atoms with van der Waals surface area (Å²) in [6.45, 7) is 4.10. The summed E-state index contributed by atoms with van der Waals surface area (Å²) in [5, 5.41) is 7.29. The van der Waals surface area contributed by atoms with E-state index in [1.807, 2.05) is 13.8 Å². The molecule has 2 atom stereocenters. The molecule has 0 aromatic heterocycles. The second kappa shape index (κ2) is 12.3. The van der Waals surface area contributed by atoms with Gasteiger partial charge in [-0.3, -0.25) is 24.2 Å². The lowest BCUT2D eigenvalue weighted by Crippen LogP contribution is -2.64. The zero-order valence-electron chi connectivity index (χ0n) is 21.2. The summed E-state index contributed by atoms with van der Waals surface area (Å²) in [6, 6.07) is 4.23. The Morgan fingerprint density at radius 3 is 2.65 bits per heavy atom. The molecule has 37 heavy (non-hydrogen) atoms. The lowest BCUT2D eigenvalue weighted by Gasteiger charge is -2.41. The average Bonchev–Trinajstić information content (AvgIpc) is 3.02. The number of carbonyl (C=O) groups excluding carboxylic acids is 5. The maximum Gasteiger partial charge on any atom is 0.403 e. The molecule has 2 aliphatic rings. The highest BCUT2D eigenvalue weighted by atomic mass is 16.5. The Kier molecular flexibility index (Phi) is 9.13. The van der Waals surface area contributed by atoms with Crippen molar-refractivity contribution in [3.05, 3.63) is 35.4 Å². The van der Waals surface area contributed by atoms with Crippen molar-refractivity contribution in [3.8, 4) is 5.75 Å². The first-order chi connectivity index (χ1) is 17.7. The Balaban J connectivity index is 1.79. The van der Waals surface area contributed by atoms with Gasteiger partial charge in [0, 0.05) is 24.9 Å². The molecular weight excluding hydrogens is 480 g/mol. The SMILES string of the molecule is COc1cccc(C(=O)NC2CCC(=O)N3CCC[C@@H](C(=O)NC(=[N+]=[N-])C(=O)CCC(C)C)N3C2=O)c1. The number of amidine groups is 1. The summed E-state index contributed by atoms with van der Waals surface area (Å²) in [6.07, 6.45) is 1.34. The van der Waals surface area contributed by atoms with E-state index in [-0.39, 0.29) is 49.6 Å². The van der Waals surface area contributed by atoms with Crippen LogP contribution < -0.4 is 15.4 Å². The maximum atomic E-state index is 13.6. The standard InChI is InChI=1S/C25H32N6O6/c1-15(2)9-11-20(32)22(29-26)28-24(35)19-8-5-13-30-21(33)12-10-18(25(36)31(19)30)27-23(34)16-6-4-7-17(14-16)37-3/h4,6-7,14-15,18-19H,5,8-13H2,1-3H3,(H,27,34)(H,28,35)/t18?,19-/m0/s1. The van der Waals surface area contributed by atoms with Gasteiger partial charge in [-0.15, -0.1) is 0 Å². The number of rotatable bonds is 8. The van der Waals surface area contributed by atoms with Crippen LogP contribution >= 0.6 is 0 Å². The van der Waals surface area contributed by atoms with E-state index in [0.717, 1.165) is 5.01 Å². The van der Waals surface area contributed by atoms with E-state index in [4.69, 9.17) is 4.74 Å². The highest BCUT2D eigenvalue weighted by molar-refractivity contribution is 6.39. The predicted octanol–water partition coefficient (Wildman–Crippen LogP) is 1.07. The van der Waals surface area contributed by atoms with E-state index in [0.29, 0.717) is 18.6 Å². The fourth-order valence-electron chi connectivity index (χ4n) is 4.30. The smallest absolute Gasteiger partial charge is 0.403 e. The third-order valence-corrected chi connectivity index (χ3v) is 6.36. The number of carbonyl (C=O) groups is 5. The molecule has 1 aromatic rings. The van der Waals surface area contributed by atoms with Crippen LogP contribution in [-0.4, -0.2) is 75.8 Å². The first-order valence-electron chi connectivity index (χ1n) is 12.3. The quantitative estimate of drug-likeness (QED) is 0.229. The second-order valence-electron chi connectivity index (χ2n) is 9.45. The summed E-state index contributed by atoms with van der Waals surface area (Å²) < 4.78 is 5.14. The molecule has 4 amide bonds. The molecule has 1 unspecified atom stereocenters. The molecule has 3 rings (SSSR count). The summed E-state index contributed by atoms with van der Waals surface area (Å²) in [4.78, 5) is 67.8. The molecule has 198 valence electrons. The molecular formula is C25H32N6O6. The zero-order chi connectivity index (χ0) is 27.1. The molecule has 0 radical (unpaired) electrons. The third kappa shape index (κ3) is 6.59. The molecule has 0 bridgehead atoms. The van der Waals surface area contributed by atoms with E-state index >= 15 is 0 Å². The van der Waals surface area contributed by atoms with Gasteiger partial charge < -0.3 is 20.4 Å². The van der Waals surface area contributed by atoms with Crippen LogP contribution in [0, 0.1) is 5.92 Å². The number of hydrogen-bond acceptors (Lipinski definition) is 6. The number of ketones is 1. The molecule has 12 nitrogen and oxygen atoms in total. The lowest BCUT2D eigenvalue weighted by molar-refractivity contribution is -0.175. The number of amides is 4. The number of fused-ring (bicyclic) bond motifs is 1. The van der Waals surface area contributed by atoms with Gasteiger partial charge in [0.05, 0.1) is 7.11 Å². The van der Waals surface area contributed by atoms with Crippen molar-refractivity contribution in [1.82, 2.24) is 20.7 Å². The molecule has 2 heterocycles. The number of hydrazine groups is 1. The van der Waals surface area contributed by atoms with Gasteiger partial charge >= 0.3 is 11.7 Å². The van der Waals surface area contributed by atoms with Crippen molar-refractivity contribution < 1.29 is 33.5 Å². The predicted molar refractivity (Wildman–Crippen MR) is 131 cm³/mol. The second-order valence-corrected chi connectivity index (χ2v) is 9.45. The Hall–Kier alpha value is -4.05. The van der Waals surface area contributed by atoms with Crippen molar-refractivity contribution in [2.24, 2.45) is 5.92 Å². The van der Waals surface area contributed by atoms with Gasteiger partial charge in [0.2, 0.25) is 5.91 Å². The van der Waals surface area contributed by atoms with Crippen LogP contribution in [0.1, 0.15) is 62.7 Å². The first kappa shape index (κ1) is 27.5. The Labute approximate surface area is 214 Å². The molecule has 0 spiro atoms. The Morgan fingerprint density at radius 2 is 1.97 bits per heavy atom. The number of ether oxygens (including phenoxy) is 1. The highest BCUT2D eigenvalue weighted by Gasteiger charge is 2.46. The minimum Gasteiger partial charge on any atom is -0.497 e. The minimum absolute atomic E-state index is 0.00330. The first-order valence-corrected chi connectivity index (χ1v) is 12.3. The van der Waals surface area contributed by atoms with Gasteiger partial charge in [-0.25, -0.2) is 9.80 Å². The third-order valence-electron chi connectivity index (χ3n) is 6.36. The van der Waals surface area contributed by atoms with Gasteiger partial charge in [-0.05, 0) is 49.8 Å². The van der Waals surface area contributed by atoms with Crippen LogP contribution in [0.25, 0.3) is 5.53 Å². The van der Waals surface area contributed by atoms with Gasteiger partial charge in [0.25, 0.3) is 17.6 Å². The summed E-state index contributed by atoms with van der Waals surface area (Å²) in [7, 11) is 1.47. The van der Waals surface area contributed by atoms with Gasteiger partial charge in [0.1, 0.15) is 11.8 Å². The van der Waals surface area contributed by atoms with E-state index in [1.165, 1.54) is 18.2 Å². The Bertz CT molecular complexity index is 1130. The molecule has 0 saturated carbocycles. The van der Waals surface area contributed by atoms with Crippen LogP contribution in [0.4, 0.5) is 0 Å². The van der Waals surface area contributed by atoms with E-state index in [9.17, 15) is 29.5 Å². The largest absolute Gasteiger partial charge is 0.497 e. The Morgan fingerprint density at radius 1 is 1.22 bits per heavy atom. The number of nitrogens with one attached hydrogen (secondary N) is 2. The summed E-state index contributed by atoms with van der Waals surface area (Å²) >= 11 is 0. The number of Topliss-reactive ketones (excluding diaryl/α,β-unsaturated/α-hetero) is 1. The summed E-state index contributed by atoms with van der Waals surface area (Å²) in [5.41, 5.74) is 9.59. The molecule has 2 aliphatic heterocycles. The molecule has 12 heteroatoms. The monoisotopic (exact) mass is 512 g/mol. The van der Waals surface area contributed by atoms with Crippen LogP contribution in [0.15, 0.2) is 24.3 Å². The van der Waals surface area contributed by atoms with Gasteiger partial charge in [-0.2, -0.15) is 5.32 Å². The fraction of sp³-hybridized carbons (Fsp3) is 0.520. The fourth-order valence-corrected chi connectivity index (χ4v) is 4.30. The van der Waals surface area contributed by atoms with Crippen LogP contribution in [0.5, 0.6) is 5.75 Å². The molecule has 2 fully saturated rings. The zero-order valence-corrected chi connectivity index (χ0v) is 21.2. The topological polar surface area (TPSA) is 162 Å². The van der Waals surface area contributed by atoms with Crippen LogP contribution in [0.3, 0.4) is 0 Å². The molecule has 2 N–H and O–H groups in total. The van der Waals surface area contributed by atoms with E-state index in [1.54, 1.807) is 18.2 Å². The molecule has 0 aliphatic carbocycles. The van der Waals surface area contributed by atoms with E-state index < -0.39 is 41.4 Å². The minimum atomic E-state index is -1.13. The molecule has 1 aromatic carbocycles. The molecule has 2 saturated heterocycles. The maximum absolute atomic E-state index is 13.6.